The topological polar surface area (TPSA) is 157 Å². The average molecular weight is 655 g/mol. The van der Waals surface area contributed by atoms with Crippen LogP contribution in [0.5, 0.6) is 11.5 Å². The molecular weight excluding hydrogens is 596 g/mol. The van der Waals surface area contributed by atoms with Gasteiger partial charge < -0.3 is 15.0 Å². The van der Waals surface area contributed by atoms with Gasteiger partial charge in [0.25, 0.3) is 0 Å². The number of benzene rings is 2. The Bertz CT molecular complexity index is 1350. The van der Waals surface area contributed by atoms with Crippen LogP contribution in [0.4, 0.5) is 0 Å². The van der Waals surface area contributed by atoms with E-state index in [4.69, 9.17) is 0 Å². The number of aryl methyl sites for hydroxylation is 2. The van der Waals surface area contributed by atoms with Crippen molar-refractivity contribution in [3.8, 4) is 11.5 Å². The van der Waals surface area contributed by atoms with Gasteiger partial charge in [0.2, 0.25) is 5.91 Å². The van der Waals surface area contributed by atoms with Crippen molar-refractivity contribution in [2.75, 3.05) is 7.05 Å². The number of amides is 3. The zero-order valence-electron chi connectivity index (χ0n) is 30.7. The van der Waals surface area contributed by atoms with Crippen LogP contribution in [0.25, 0.3) is 0 Å². The molecule has 0 spiro atoms. The predicted molar refractivity (Wildman–Crippen MR) is 187 cm³/mol. The molecule has 0 heterocycles. The Labute approximate surface area is 281 Å². The van der Waals surface area contributed by atoms with Crippen LogP contribution >= 0.6 is 0 Å². The fourth-order valence-electron chi connectivity index (χ4n) is 4.86. The van der Waals surface area contributed by atoms with E-state index in [0.717, 1.165) is 46.1 Å². The summed E-state index contributed by atoms with van der Waals surface area (Å²) in [5.74, 6) is -1.62. The first-order chi connectivity index (χ1) is 21.3. The van der Waals surface area contributed by atoms with Crippen molar-refractivity contribution in [2.24, 2.45) is 0 Å². The van der Waals surface area contributed by atoms with Gasteiger partial charge >= 0.3 is 11.8 Å². The molecule has 3 amide bonds. The second-order valence-corrected chi connectivity index (χ2v) is 16.0. The zero-order valence-corrected chi connectivity index (χ0v) is 30.7. The first-order valence-corrected chi connectivity index (χ1v) is 16.1. The number of rotatable bonds is 7. The van der Waals surface area contributed by atoms with Crippen molar-refractivity contribution in [2.45, 2.75) is 130 Å². The smallest absolute Gasteiger partial charge is 0.329 e. The van der Waals surface area contributed by atoms with E-state index >= 15 is 0 Å². The Hall–Kier alpha value is -3.92. The third kappa shape index (κ3) is 12.7. The SMILES string of the molecule is CC(C)(C)c1cc(CCC=O)cc(C(C)(C)C)c1O.CNNC(=O)C(=O)NNC(=O)CCc1cc(C(C)(C)C)c(O)c(C(C)(C)C)c1. The van der Waals surface area contributed by atoms with Gasteiger partial charge in [0, 0.05) is 19.9 Å². The summed E-state index contributed by atoms with van der Waals surface area (Å²) in [7, 11) is 1.44. The van der Waals surface area contributed by atoms with Crippen molar-refractivity contribution in [3.05, 3.63) is 57.6 Å². The third-order valence-corrected chi connectivity index (χ3v) is 7.52. The number of hydrogen-bond acceptors (Lipinski definition) is 7. The van der Waals surface area contributed by atoms with Gasteiger partial charge in [-0.3, -0.25) is 30.7 Å². The molecule has 0 aromatic heterocycles. The van der Waals surface area contributed by atoms with E-state index < -0.39 is 17.7 Å². The molecule has 2 rings (SSSR count). The van der Waals surface area contributed by atoms with Gasteiger partial charge in [0.05, 0.1) is 0 Å². The molecule has 0 unspecified atom stereocenters. The number of carbonyl (C=O) groups is 4. The molecular formula is C37H58N4O6. The van der Waals surface area contributed by atoms with Gasteiger partial charge in [-0.2, -0.15) is 0 Å². The first kappa shape index (κ1) is 41.1. The standard InChI is InChI=1S/C20H32N4O4.C17H26O2/c1-19(2,3)13-10-12(11-14(16(13)26)20(4,5)6)8-9-15(25)22-24-18(28)17(27)23-21-7;1-16(2,3)13-10-12(8-7-9-18)11-14(15(13)19)17(4,5)6/h10-11,21,26H,8-9H2,1-7H3,(H,22,25)(H,23,27)(H,24,28);9-11,19H,7-8H2,1-6H3. The van der Waals surface area contributed by atoms with Gasteiger partial charge in [-0.05, 0) is 67.9 Å². The molecule has 0 atom stereocenters. The highest BCUT2D eigenvalue weighted by atomic mass is 16.3. The zero-order chi connectivity index (χ0) is 36.5. The highest BCUT2D eigenvalue weighted by Crippen LogP contribution is 2.41. The highest BCUT2D eigenvalue weighted by molar-refractivity contribution is 6.35. The summed E-state index contributed by atoms with van der Waals surface area (Å²) in [6.07, 6.45) is 2.75. The van der Waals surface area contributed by atoms with Crippen LogP contribution < -0.4 is 21.7 Å². The molecule has 0 bridgehead atoms. The lowest BCUT2D eigenvalue weighted by Crippen LogP contribution is -2.50. The number of phenolic OH excluding ortho intramolecular Hbond substituents is 2. The summed E-state index contributed by atoms with van der Waals surface area (Å²) in [5, 5.41) is 21.3. The van der Waals surface area contributed by atoms with Crippen molar-refractivity contribution >= 4 is 24.0 Å². The Kier molecular flexibility index (Phi) is 14.2. The summed E-state index contributed by atoms with van der Waals surface area (Å²) in [6.45, 7) is 24.7. The number of hydrogen-bond donors (Lipinski definition) is 6. The number of aldehydes is 1. The highest BCUT2D eigenvalue weighted by Gasteiger charge is 2.28. The average Bonchev–Trinajstić information content (AvgIpc) is 2.92. The summed E-state index contributed by atoms with van der Waals surface area (Å²) >= 11 is 0. The predicted octanol–water partition coefficient (Wildman–Crippen LogP) is 5.44. The Morgan fingerprint density at radius 1 is 0.596 bits per heavy atom. The van der Waals surface area contributed by atoms with Crippen LogP contribution in [0, 0.1) is 0 Å². The minimum absolute atomic E-state index is 0.110. The van der Waals surface area contributed by atoms with Gasteiger partial charge in [0.15, 0.2) is 0 Å². The molecule has 0 radical (unpaired) electrons. The van der Waals surface area contributed by atoms with Crippen LogP contribution in [0.15, 0.2) is 24.3 Å². The lowest BCUT2D eigenvalue weighted by atomic mass is 9.78. The van der Waals surface area contributed by atoms with Crippen LogP contribution in [0.3, 0.4) is 0 Å². The summed E-state index contributed by atoms with van der Waals surface area (Å²) in [6, 6.07) is 7.90. The lowest BCUT2D eigenvalue weighted by molar-refractivity contribution is -0.141. The third-order valence-electron chi connectivity index (χ3n) is 7.52. The van der Waals surface area contributed by atoms with Gasteiger partial charge in [-0.25, -0.2) is 5.43 Å². The van der Waals surface area contributed by atoms with Crippen LogP contribution in [0.2, 0.25) is 0 Å². The number of aromatic hydroxyl groups is 2. The minimum Gasteiger partial charge on any atom is -0.507 e. The Morgan fingerprint density at radius 2 is 0.936 bits per heavy atom. The van der Waals surface area contributed by atoms with Crippen LogP contribution in [-0.4, -0.2) is 41.3 Å². The van der Waals surface area contributed by atoms with Gasteiger partial charge in [-0.15, -0.1) is 0 Å². The Morgan fingerprint density at radius 3 is 1.26 bits per heavy atom. The van der Waals surface area contributed by atoms with Crippen molar-refractivity contribution in [1.82, 2.24) is 21.7 Å². The van der Waals surface area contributed by atoms with Crippen molar-refractivity contribution in [1.29, 1.82) is 0 Å². The maximum Gasteiger partial charge on any atom is 0.329 e. The molecule has 2 aromatic rings. The van der Waals surface area contributed by atoms with E-state index in [1.807, 2.05) is 65.8 Å². The number of phenols is 2. The quantitative estimate of drug-likeness (QED) is 0.132. The molecule has 0 saturated carbocycles. The second kappa shape index (κ2) is 16.3. The number of nitrogens with one attached hydrogen (secondary N) is 4. The van der Waals surface area contributed by atoms with E-state index in [1.165, 1.54) is 7.05 Å². The van der Waals surface area contributed by atoms with Gasteiger partial charge in [0.1, 0.15) is 17.8 Å². The summed E-state index contributed by atoms with van der Waals surface area (Å²) in [5.41, 5.74) is 13.6. The molecule has 262 valence electrons. The molecule has 0 aliphatic heterocycles. The van der Waals surface area contributed by atoms with Gasteiger partial charge in [-0.1, -0.05) is 107 Å². The van der Waals surface area contributed by atoms with Crippen LogP contribution in [0.1, 0.15) is 129 Å². The molecule has 47 heavy (non-hydrogen) atoms. The first-order valence-electron chi connectivity index (χ1n) is 16.1. The summed E-state index contributed by atoms with van der Waals surface area (Å²) in [4.78, 5) is 45.3. The fraction of sp³-hybridized carbons (Fsp3) is 0.568. The molecule has 10 heteroatoms. The minimum atomic E-state index is -0.975. The maximum absolute atomic E-state index is 12.0. The maximum atomic E-state index is 12.0. The molecule has 0 aliphatic carbocycles. The molecule has 0 aliphatic rings. The number of hydrazine groups is 2. The van der Waals surface area contributed by atoms with E-state index in [0.29, 0.717) is 18.6 Å². The van der Waals surface area contributed by atoms with E-state index in [2.05, 4.69) is 63.2 Å². The molecule has 2 aromatic carbocycles. The molecule has 0 saturated heterocycles. The normalized spacial score (nSPS) is 12.0. The summed E-state index contributed by atoms with van der Waals surface area (Å²) < 4.78 is 0. The molecule has 10 nitrogen and oxygen atoms in total. The van der Waals surface area contributed by atoms with E-state index in [1.54, 1.807) is 0 Å². The fourth-order valence-corrected chi connectivity index (χ4v) is 4.86. The second-order valence-electron chi connectivity index (χ2n) is 16.0. The van der Waals surface area contributed by atoms with Crippen molar-refractivity contribution < 1.29 is 29.4 Å². The molecule has 6 N–H and O–H groups in total. The number of carbonyl (C=O) groups excluding carboxylic acids is 4. The van der Waals surface area contributed by atoms with Crippen molar-refractivity contribution in [3.63, 3.8) is 0 Å². The van der Waals surface area contributed by atoms with E-state index in [-0.39, 0.29) is 33.8 Å². The molecule has 0 fully saturated rings. The monoisotopic (exact) mass is 654 g/mol. The lowest BCUT2D eigenvalue weighted by Gasteiger charge is -2.28. The Balaban J connectivity index is 0.000000506. The van der Waals surface area contributed by atoms with E-state index in [9.17, 15) is 29.4 Å². The largest absolute Gasteiger partial charge is 0.507 e. The van der Waals surface area contributed by atoms with Crippen LogP contribution in [-0.2, 0) is 53.7 Å².